The topological polar surface area (TPSA) is 70.0 Å². The van der Waals surface area contributed by atoms with Crippen LogP contribution in [-0.2, 0) is 0 Å². The molecule has 0 saturated carbocycles. The van der Waals surface area contributed by atoms with Gasteiger partial charge in [-0.25, -0.2) is 5.21 Å². The zero-order valence-electron chi connectivity index (χ0n) is 11.2. The number of hydrogen-bond donors (Lipinski definition) is 2. The average molecular weight is 258 g/mol. The summed E-state index contributed by atoms with van der Waals surface area (Å²) in [5, 5.41) is 19.4. The lowest BCUT2D eigenvalue weighted by atomic mass is 10.0. The number of nitrogens with two attached hydrogens (primary N) is 1. The van der Waals surface area contributed by atoms with Gasteiger partial charge in [0.1, 0.15) is 12.7 Å². The second-order valence-corrected chi connectivity index (χ2v) is 5.16. The molecular formula is C15H20N3O+. The third-order valence-corrected chi connectivity index (χ3v) is 3.37. The van der Waals surface area contributed by atoms with E-state index >= 15 is 0 Å². The summed E-state index contributed by atoms with van der Waals surface area (Å²) in [6.07, 6.45) is 3.74. The molecule has 100 valence electrons. The highest BCUT2D eigenvalue weighted by molar-refractivity contribution is 5.81. The Kier molecular flexibility index (Phi) is 4.01. The van der Waals surface area contributed by atoms with Crippen LogP contribution in [0.2, 0.25) is 0 Å². The van der Waals surface area contributed by atoms with E-state index in [0.717, 1.165) is 23.2 Å². The van der Waals surface area contributed by atoms with Gasteiger partial charge in [0.15, 0.2) is 5.69 Å². The molecule has 0 fully saturated rings. The second kappa shape index (κ2) is 5.54. The third kappa shape index (κ3) is 2.85. The van der Waals surface area contributed by atoms with Crippen LogP contribution in [0.3, 0.4) is 0 Å². The standard InChI is InChI=1S/C15H20N3O/c1-12(17)10-13-11-18(19,9-5-4-8-16)15-7-3-2-6-14(13)15/h2-3,6-7,11-12,19H,4-5,9-10,17H2,1H3/q+1/t12-,18?/m1/s1. The smallest absolute Gasteiger partial charge is 0.177 e. The summed E-state index contributed by atoms with van der Waals surface area (Å²) in [5.41, 5.74) is 8.91. The van der Waals surface area contributed by atoms with E-state index < -0.39 is 0 Å². The first kappa shape index (κ1) is 13.8. The lowest BCUT2D eigenvalue weighted by Crippen LogP contribution is -2.39. The van der Waals surface area contributed by atoms with Crippen molar-refractivity contribution in [3.8, 4) is 6.07 Å². The fourth-order valence-corrected chi connectivity index (χ4v) is 2.57. The summed E-state index contributed by atoms with van der Waals surface area (Å²) >= 11 is 0. The van der Waals surface area contributed by atoms with Crippen molar-refractivity contribution in [1.29, 1.82) is 5.26 Å². The van der Waals surface area contributed by atoms with Crippen molar-refractivity contribution in [1.82, 2.24) is 4.65 Å². The molecule has 0 saturated heterocycles. The summed E-state index contributed by atoms with van der Waals surface area (Å²) in [5.74, 6) is 0. The first-order valence-electron chi connectivity index (χ1n) is 6.61. The third-order valence-electron chi connectivity index (χ3n) is 3.37. The Balaban J connectivity index is 2.30. The van der Waals surface area contributed by atoms with Crippen molar-refractivity contribution < 1.29 is 5.21 Å². The van der Waals surface area contributed by atoms with Gasteiger partial charge >= 0.3 is 0 Å². The summed E-state index contributed by atoms with van der Waals surface area (Å²) in [4.78, 5) is 0. The van der Waals surface area contributed by atoms with Crippen molar-refractivity contribution >= 4 is 11.3 Å². The molecule has 1 aromatic carbocycles. The minimum absolute atomic E-state index is 0.0602. The van der Waals surface area contributed by atoms with Gasteiger partial charge in [-0.1, -0.05) is 12.1 Å². The van der Waals surface area contributed by atoms with Crippen molar-refractivity contribution in [3.63, 3.8) is 0 Å². The Bertz CT molecular complexity index is 530. The van der Waals surface area contributed by atoms with Crippen molar-refractivity contribution in [2.24, 2.45) is 5.73 Å². The lowest BCUT2D eigenvalue weighted by molar-refractivity contribution is -0.0290. The molecule has 19 heavy (non-hydrogen) atoms. The fraction of sp³-hybridized carbons (Fsp3) is 0.400. The maximum absolute atomic E-state index is 10.8. The zero-order valence-corrected chi connectivity index (χ0v) is 11.2. The molecule has 0 spiro atoms. The minimum atomic E-state index is -0.208. The van der Waals surface area contributed by atoms with Crippen LogP contribution in [0.15, 0.2) is 30.5 Å². The first-order valence-corrected chi connectivity index (χ1v) is 6.61. The molecule has 0 bridgehead atoms. The predicted octanol–water partition coefficient (Wildman–Crippen LogP) is 2.78. The van der Waals surface area contributed by atoms with E-state index in [1.165, 1.54) is 0 Å². The Morgan fingerprint density at radius 3 is 2.84 bits per heavy atom. The summed E-state index contributed by atoms with van der Waals surface area (Å²) in [6, 6.07) is 10.0. The maximum atomic E-state index is 10.8. The summed E-state index contributed by atoms with van der Waals surface area (Å²) in [6.45, 7) is 2.48. The molecule has 1 heterocycles. The van der Waals surface area contributed by atoms with Gasteiger partial charge in [0.2, 0.25) is 0 Å². The van der Waals surface area contributed by atoms with Crippen LogP contribution in [0.5, 0.6) is 0 Å². The van der Waals surface area contributed by atoms with Gasteiger partial charge < -0.3 is 5.73 Å². The van der Waals surface area contributed by atoms with E-state index in [4.69, 9.17) is 11.0 Å². The molecule has 1 aromatic rings. The van der Waals surface area contributed by atoms with Gasteiger partial charge in [-0.05, 0) is 19.4 Å². The van der Waals surface area contributed by atoms with Gasteiger partial charge in [-0.2, -0.15) is 5.26 Å². The van der Waals surface area contributed by atoms with E-state index in [9.17, 15) is 5.21 Å². The van der Waals surface area contributed by atoms with E-state index in [1.807, 2.05) is 37.4 Å². The molecule has 1 unspecified atom stereocenters. The highest BCUT2D eigenvalue weighted by Crippen LogP contribution is 2.40. The first-order chi connectivity index (χ1) is 9.07. The number of fused-ring (bicyclic) bond motifs is 1. The molecule has 2 rings (SSSR count). The highest BCUT2D eigenvalue weighted by atomic mass is 16.5. The van der Waals surface area contributed by atoms with Crippen LogP contribution >= 0.6 is 0 Å². The van der Waals surface area contributed by atoms with Gasteiger partial charge in [-0.15, -0.1) is 4.65 Å². The van der Waals surface area contributed by atoms with Crippen molar-refractivity contribution in [2.75, 3.05) is 6.54 Å². The number of quaternary nitrogens is 1. The molecular weight excluding hydrogens is 238 g/mol. The average Bonchev–Trinajstić information content (AvgIpc) is 2.63. The Morgan fingerprint density at radius 1 is 1.42 bits per heavy atom. The van der Waals surface area contributed by atoms with Gasteiger partial charge in [0, 0.05) is 36.1 Å². The van der Waals surface area contributed by atoms with Crippen LogP contribution in [-0.4, -0.2) is 17.8 Å². The van der Waals surface area contributed by atoms with Crippen molar-refractivity contribution in [2.45, 2.75) is 32.2 Å². The molecule has 1 aliphatic heterocycles. The molecule has 0 radical (unpaired) electrons. The van der Waals surface area contributed by atoms with E-state index in [2.05, 4.69) is 6.07 Å². The molecule has 4 nitrogen and oxygen atoms in total. The number of hydroxylamine groups is 2. The molecule has 1 aliphatic rings. The predicted molar refractivity (Wildman–Crippen MR) is 76.0 cm³/mol. The fourth-order valence-electron chi connectivity index (χ4n) is 2.57. The molecule has 0 aliphatic carbocycles. The van der Waals surface area contributed by atoms with Crippen molar-refractivity contribution in [3.05, 3.63) is 36.0 Å². The SMILES string of the molecule is C[C@@H](N)CC1=C[N+](O)(CCCC#N)c2ccccc21. The zero-order chi connectivity index (χ0) is 13.9. The summed E-state index contributed by atoms with van der Waals surface area (Å²) < 4.78 is -0.208. The van der Waals surface area contributed by atoms with Gasteiger partial charge in [-0.3, -0.25) is 0 Å². The number of benzene rings is 1. The van der Waals surface area contributed by atoms with Gasteiger partial charge in [0.05, 0.1) is 6.07 Å². The number of unbranched alkanes of at least 4 members (excludes halogenated alkanes) is 1. The van der Waals surface area contributed by atoms with Crippen LogP contribution in [0.25, 0.3) is 5.57 Å². The van der Waals surface area contributed by atoms with E-state index in [0.29, 0.717) is 19.4 Å². The Labute approximate surface area is 113 Å². The Morgan fingerprint density at radius 2 is 2.16 bits per heavy atom. The second-order valence-electron chi connectivity index (χ2n) is 5.16. The molecule has 4 heteroatoms. The number of nitrogens with zero attached hydrogens (tertiary/aromatic N) is 2. The number of hydrogen-bond acceptors (Lipinski definition) is 3. The minimum Gasteiger partial charge on any atom is -0.328 e. The molecule has 3 N–H and O–H groups in total. The van der Waals surface area contributed by atoms with Crippen LogP contribution in [0.4, 0.5) is 5.69 Å². The van der Waals surface area contributed by atoms with Crippen LogP contribution in [0.1, 0.15) is 31.7 Å². The van der Waals surface area contributed by atoms with E-state index in [-0.39, 0.29) is 10.7 Å². The summed E-state index contributed by atoms with van der Waals surface area (Å²) in [7, 11) is 0. The maximum Gasteiger partial charge on any atom is 0.177 e. The molecule has 2 atom stereocenters. The van der Waals surface area contributed by atoms with Gasteiger partial charge in [0.25, 0.3) is 0 Å². The van der Waals surface area contributed by atoms with E-state index in [1.54, 1.807) is 0 Å². The largest absolute Gasteiger partial charge is 0.328 e. The normalized spacial score (nSPS) is 22.5. The van der Waals surface area contributed by atoms with Crippen LogP contribution in [0, 0.1) is 11.3 Å². The highest BCUT2D eigenvalue weighted by Gasteiger charge is 2.37. The number of para-hydroxylation sites is 1. The number of nitriles is 1. The number of rotatable bonds is 5. The molecule has 0 aromatic heterocycles. The lowest BCUT2D eigenvalue weighted by Gasteiger charge is -2.22. The van der Waals surface area contributed by atoms with Crippen LogP contribution < -0.4 is 10.4 Å². The molecule has 0 amide bonds. The monoisotopic (exact) mass is 258 g/mol. The Hall–Kier alpha value is -1.67. The quantitative estimate of drug-likeness (QED) is 0.630.